The molecule has 0 unspecified atom stereocenters. The van der Waals surface area contributed by atoms with Crippen molar-refractivity contribution in [3.63, 3.8) is 0 Å². The fourth-order valence-electron chi connectivity index (χ4n) is 1.18. The normalized spacial score (nSPS) is 10.1. The van der Waals surface area contributed by atoms with Gasteiger partial charge in [0.05, 0.1) is 5.69 Å². The number of rotatable bonds is 3. The standard InChI is InChI=1S/C10H11N3S/c1-14-10-11-7-8-13(10)12-9-5-3-2-4-6-9/h2-8,12H,1H3. The van der Waals surface area contributed by atoms with E-state index in [0.29, 0.717) is 0 Å². The molecule has 4 heteroatoms. The molecule has 2 rings (SSSR count). The van der Waals surface area contributed by atoms with Crippen molar-refractivity contribution in [1.29, 1.82) is 0 Å². The highest BCUT2D eigenvalue weighted by Crippen LogP contribution is 2.13. The van der Waals surface area contributed by atoms with E-state index in [4.69, 9.17) is 0 Å². The summed E-state index contributed by atoms with van der Waals surface area (Å²) in [5.41, 5.74) is 4.29. The minimum atomic E-state index is 0.953. The quantitative estimate of drug-likeness (QED) is 0.781. The molecule has 0 aliphatic rings. The first kappa shape index (κ1) is 9.15. The Labute approximate surface area is 87.1 Å². The van der Waals surface area contributed by atoms with Gasteiger partial charge in [-0.05, 0) is 18.4 Å². The van der Waals surface area contributed by atoms with E-state index >= 15 is 0 Å². The molecule has 0 atom stereocenters. The number of benzene rings is 1. The van der Waals surface area contributed by atoms with Gasteiger partial charge in [-0.15, -0.1) is 0 Å². The Kier molecular flexibility index (Phi) is 2.74. The zero-order valence-electron chi connectivity index (χ0n) is 7.84. The van der Waals surface area contributed by atoms with Crippen LogP contribution in [0, 0.1) is 0 Å². The van der Waals surface area contributed by atoms with Gasteiger partial charge >= 0.3 is 0 Å². The third-order valence-electron chi connectivity index (χ3n) is 1.81. The van der Waals surface area contributed by atoms with E-state index in [2.05, 4.69) is 10.4 Å². The molecule has 0 spiro atoms. The van der Waals surface area contributed by atoms with Crippen molar-refractivity contribution in [2.75, 3.05) is 11.7 Å². The molecule has 0 aliphatic heterocycles. The lowest BCUT2D eigenvalue weighted by molar-refractivity contribution is 0.826. The lowest BCUT2D eigenvalue weighted by Gasteiger charge is -2.08. The number of nitrogens with one attached hydrogen (secondary N) is 1. The first-order valence-corrected chi connectivity index (χ1v) is 5.52. The number of hydrogen-bond donors (Lipinski definition) is 1. The molecule has 0 radical (unpaired) electrons. The second kappa shape index (κ2) is 4.19. The maximum absolute atomic E-state index is 4.19. The molecular weight excluding hydrogens is 194 g/mol. The first-order valence-electron chi connectivity index (χ1n) is 4.29. The molecule has 0 aliphatic carbocycles. The van der Waals surface area contributed by atoms with Crippen LogP contribution < -0.4 is 5.43 Å². The Morgan fingerprint density at radius 2 is 2.07 bits per heavy atom. The van der Waals surface area contributed by atoms with Gasteiger partial charge in [0.2, 0.25) is 0 Å². The average molecular weight is 205 g/mol. The molecule has 0 amide bonds. The van der Waals surface area contributed by atoms with Gasteiger partial charge < -0.3 is 0 Å². The third-order valence-corrected chi connectivity index (χ3v) is 2.48. The predicted octanol–water partition coefficient (Wildman–Crippen LogP) is 2.48. The molecular formula is C10H11N3S. The van der Waals surface area contributed by atoms with Gasteiger partial charge in [0, 0.05) is 12.4 Å². The van der Waals surface area contributed by atoms with Crippen LogP contribution in [0.4, 0.5) is 5.69 Å². The molecule has 72 valence electrons. The van der Waals surface area contributed by atoms with Crippen LogP contribution in [0.2, 0.25) is 0 Å². The van der Waals surface area contributed by atoms with Crippen molar-refractivity contribution >= 4 is 17.4 Å². The topological polar surface area (TPSA) is 29.9 Å². The summed E-state index contributed by atoms with van der Waals surface area (Å²) in [5.74, 6) is 0. The van der Waals surface area contributed by atoms with Crippen LogP contribution in [0.5, 0.6) is 0 Å². The highest BCUT2D eigenvalue weighted by Gasteiger charge is 1.99. The Morgan fingerprint density at radius 1 is 1.29 bits per heavy atom. The van der Waals surface area contributed by atoms with Crippen molar-refractivity contribution in [3.8, 4) is 0 Å². The maximum Gasteiger partial charge on any atom is 0.186 e. The molecule has 14 heavy (non-hydrogen) atoms. The number of hydrogen-bond acceptors (Lipinski definition) is 3. The lowest BCUT2D eigenvalue weighted by Crippen LogP contribution is -2.08. The number of aromatic nitrogens is 2. The van der Waals surface area contributed by atoms with Crippen molar-refractivity contribution in [2.45, 2.75) is 5.16 Å². The van der Waals surface area contributed by atoms with Crippen LogP contribution in [-0.4, -0.2) is 15.9 Å². The van der Waals surface area contributed by atoms with Crippen LogP contribution >= 0.6 is 11.8 Å². The molecule has 1 aromatic heterocycles. The molecule has 3 nitrogen and oxygen atoms in total. The van der Waals surface area contributed by atoms with Gasteiger partial charge in [-0.3, -0.25) is 5.43 Å². The van der Waals surface area contributed by atoms with Crippen LogP contribution in [0.15, 0.2) is 47.9 Å². The zero-order valence-corrected chi connectivity index (χ0v) is 8.66. The number of thioether (sulfide) groups is 1. The predicted molar refractivity (Wildman–Crippen MR) is 59.5 cm³/mol. The summed E-state index contributed by atoms with van der Waals surface area (Å²) in [5, 5.41) is 0.953. The second-order valence-corrected chi connectivity index (χ2v) is 3.54. The molecule has 1 heterocycles. The van der Waals surface area contributed by atoms with Crippen molar-refractivity contribution in [3.05, 3.63) is 42.7 Å². The molecule has 1 N–H and O–H groups in total. The summed E-state index contributed by atoms with van der Waals surface area (Å²) in [4.78, 5) is 4.19. The third kappa shape index (κ3) is 1.90. The van der Waals surface area contributed by atoms with E-state index in [-0.39, 0.29) is 0 Å². The van der Waals surface area contributed by atoms with E-state index in [0.717, 1.165) is 10.8 Å². The van der Waals surface area contributed by atoms with E-state index in [1.165, 1.54) is 0 Å². The van der Waals surface area contributed by atoms with Gasteiger partial charge in [0.15, 0.2) is 5.16 Å². The van der Waals surface area contributed by atoms with Gasteiger partial charge in [0.25, 0.3) is 0 Å². The summed E-state index contributed by atoms with van der Waals surface area (Å²) >= 11 is 1.61. The van der Waals surface area contributed by atoms with Gasteiger partial charge in [-0.1, -0.05) is 30.0 Å². The van der Waals surface area contributed by atoms with E-state index in [1.54, 1.807) is 18.0 Å². The second-order valence-electron chi connectivity index (χ2n) is 2.76. The summed E-state index contributed by atoms with van der Waals surface area (Å²) < 4.78 is 1.90. The SMILES string of the molecule is CSc1nccn1Nc1ccccc1. The van der Waals surface area contributed by atoms with Gasteiger partial charge in [0.1, 0.15) is 0 Å². The lowest BCUT2D eigenvalue weighted by atomic mass is 10.3. The fourth-order valence-corrected chi connectivity index (χ4v) is 1.65. The molecule has 1 aromatic carbocycles. The van der Waals surface area contributed by atoms with E-state index in [1.807, 2.05) is 47.5 Å². The summed E-state index contributed by atoms with van der Waals surface area (Å²) in [7, 11) is 0. The maximum atomic E-state index is 4.19. The largest absolute Gasteiger partial charge is 0.293 e. The molecule has 0 saturated carbocycles. The number of imidazole rings is 1. The summed E-state index contributed by atoms with van der Waals surface area (Å²) in [6.45, 7) is 0. The first-order chi connectivity index (χ1) is 6.90. The highest BCUT2D eigenvalue weighted by atomic mass is 32.2. The number of para-hydroxylation sites is 1. The highest BCUT2D eigenvalue weighted by molar-refractivity contribution is 7.98. The minimum absolute atomic E-state index is 0.953. The van der Waals surface area contributed by atoms with Crippen molar-refractivity contribution in [1.82, 2.24) is 9.66 Å². The Bertz CT molecular complexity index is 397. The number of nitrogens with zero attached hydrogens (tertiary/aromatic N) is 2. The molecule has 2 aromatic rings. The monoisotopic (exact) mass is 205 g/mol. The van der Waals surface area contributed by atoms with E-state index in [9.17, 15) is 0 Å². The van der Waals surface area contributed by atoms with E-state index < -0.39 is 0 Å². The summed E-state index contributed by atoms with van der Waals surface area (Å²) in [6, 6.07) is 10.0. The Morgan fingerprint density at radius 3 is 2.79 bits per heavy atom. The Hall–Kier alpha value is -1.42. The van der Waals surface area contributed by atoms with Gasteiger partial charge in [-0.2, -0.15) is 0 Å². The van der Waals surface area contributed by atoms with Gasteiger partial charge in [-0.25, -0.2) is 9.66 Å². The number of anilines is 1. The van der Waals surface area contributed by atoms with Crippen molar-refractivity contribution in [2.24, 2.45) is 0 Å². The van der Waals surface area contributed by atoms with Crippen LogP contribution in [0.25, 0.3) is 0 Å². The minimum Gasteiger partial charge on any atom is -0.293 e. The average Bonchev–Trinajstić information content (AvgIpc) is 2.67. The molecule has 0 bridgehead atoms. The molecule has 0 fully saturated rings. The van der Waals surface area contributed by atoms with Crippen LogP contribution in [0.3, 0.4) is 0 Å². The zero-order chi connectivity index (χ0) is 9.80. The van der Waals surface area contributed by atoms with Crippen LogP contribution in [-0.2, 0) is 0 Å². The smallest absolute Gasteiger partial charge is 0.186 e. The fraction of sp³-hybridized carbons (Fsp3) is 0.100. The summed E-state index contributed by atoms with van der Waals surface area (Å²) in [6.07, 6.45) is 5.69. The molecule has 0 saturated heterocycles. The van der Waals surface area contributed by atoms with Crippen LogP contribution in [0.1, 0.15) is 0 Å². The Balaban J connectivity index is 2.19. The van der Waals surface area contributed by atoms with Crippen molar-refractivity contribution < 1.29 is 0 Å².